The topological polar surface area (TPSA) is 103 Å². The molecule has 9 nitrogen and oxygen atoms in total. The van der Waals surface area contributed by atoms with Crippen molar-refractivity contribution in [2.45, 2.75) is 11.8 Å². The fraction of sp³-hybridized carbons (Fsp3) is 0.381. The third-order valence-electron chi connectivity index (χ3n) is 5.39. The van der Waals surface area contributed by atoms with E-state index in [1.165, 1.54) is 4.31 Å². The van der Waals surface area contributed by atoms with Gasteiger partial charge in [0.1, 0.15) is 5.82 Å². The van der Waals surface area contributed by atoms with Crippen molar-refractivity contribution in [1.29, 1.82) is 0 Å². The molecule has 1 N–H and O–H groups in total. The Morgan fingerprint density at radius 2 is 1.90 bits per heavy atom. The van der Waals surface area contributed by atoms with Gasteiger partial charge in [-0.15, -0.1) is 0 Å². The van der Waals surface area contributed by atoms with Gasteiger partial charge in [0.15, 0.2) is 0 Å². The lowest BCUT2D eigenvalue weighted by molar-refractivity contribution is -0.133. The van der Waals surface area contributed by atoms with Crippen molar-refractivity contribution < 1.29 is 18.0 Å². The molecule has 3 rings (SSSR count). The van der Waals surface area contributed by atoms with Crippen LogP contribution in [0.2, 0.25) is 0 Å². The molecular formula is C21H27N5O4S. The molecule has 31 heavy (non-hydrogen) atoms. The standard InChI is InChI=1S/C21H27N5O4S/c1-4-19(27)23-15-20(28)25-11-13-26(14-12-25)31(29,30)18-8-6-7-17-16(18)9-10-22-21(17)24(3)5-2/h4,6-10H,1,5,11-15H2,2-3H3,(H,23,27). The summed E-state index contributed by atoms with van der Waals surface area (Å²) in [4.78, 5) is 31.7. The molecule has 1 aliphatic rings. The smallest absolute Gasteiger partial charge is 0.243 e. The number of nitrogens with one attached hydrogen (secondary N) is 1. The first-order valence-electron chi connectivity index (χ1n) is 10.1. The van der Waals surface area contributed by atoms with E-state index in [4.69, 9.17) is 0 Å². The van der Waals surface area contributed by atoms with E-state index in [2.05, 4.69) is 16.9 Å². The number of aromatic nitrogens is 1. The zero-order valence-corrected chi connectivity index (χ0v) is 18.6. The second-order valence-corrected chi connectivity index (χ2v) is 9.11. The highest BCUT2D eigenvalue weighted by Gasteiger charge is 2.31. The van der Waals surface area contributed by atoms with E-state index in [1.807, 2.05) is 24.9 Å². The Morgan fingerprint density at radius 3 is 2.55 bits per heavy atom. The third-order valence-corrected chi connectivity index (χ3v) is 7.35. The lowest BCUT2D eigenvalue weighted by atomic mass is 10.1. The van der Waals surface area contributed by atoms with E-state index in [0.717, 1.165) is 23.8 Å². The molecule has 0 saturated carbocycles. The Hall–Kier alpha value is -2.98. The Morgan fingerprint density at radius 1 is 1.19 bits per heavy atom. The summed E-state index contributed by atoms with van der Waals surface area (Å²) in [7, 11) is -1.84. The zero-order chi connectivity index (χ0) is 22.6. The van der Waals surface area contributed by atoms with Gasteiger partial charge in [-0.05, 0) is 25.1 Å². The van der Waals surface area contributed by atoms with Crippen LogP contribution in [0, 0.1) is 0 Å². The summed E-state index contributed by atoms with van der Waals surface area (Å²) >= 11 is 0. The molecule has 2 heterocycles. The fourth-order valence-corrected chi connectivity index (χ4v) is 5.13. The van der Waals surface area contributed by atoms with Crippen LogP contribution in [0.25, 0.3) is 10.8 Å². The van der Waals surface area contributed by atoms with Gasteiger partial charge in [0.05, 0.1) is 11.4 Å². The van der Waals surface area contributed by atoms with E-state index >= 15 is 0 Å². The van der Waals surface area contributed by atoms with Gasteiger partial charge in [0, 0.05) is 56.7 Å². The molecule has 0 spiro atoms. The predicted octanol–water partition coefficient (Wildman–Crippen LogP) is 0.826. The molecule has 0 aliphatic carbocycles. The van der Waals surface area contributed by atoms with Gasteiger partial charge in [-0.3, -0.25) is 9.59 Å². The van der Waals surface area contributed by atoms with E-state index in [9.17, 15) is 18.0 Å². The van der Waals surface area contributed by atoms with Crippen LogP contribution in [0.3, 0.4) is 0 Å². The van der Waals surface area contributed by atoms with E-state index in [0.29, 0.717) is 5.39 Å². The van der Waals surface area contributed by atoms with Crippen LogP contribution in [0.5, 0.6) is 0 Å². The van der Waals surface area contributed by atoms with Crippen LogP contribution in [0.1, 0.15) is 6.92 Å². The molecule has 166 valence electrons. The molecule has 0 atom stereocenters. The summed E-state index contributed by atoms with van der Waals surface area (Å²) in [5.74, 6) is 0.0536. The average molecular weight is 446 g/mol. The maximum Gasteiger partial charge on any atom is 0.243 e. The average Bonchev–Trinajstić information content (AvgIpc) is 2.80. The molecule has 1 saturated heterocycles. The van der Waals surface area contributed by atoms with Crippen LogP contribution in [-0.4, -0.2) is 80.7 Å². The highest BCUT2D eigenvalue weighted by atomic mass is 32.2. The first-order valence-corrected chi connectivity index (χ1v) is 11.5. The number of carbonyl (C=O) groups excluding carboxylic acids is 2. The molecule has 0 radical (unpaired) electrons. The summed E-state index contributed by atoms with van der Waals surface area (Å²) in [5, 5.41) is 3.85. The molecule has 2 aromatic rings. The SMILES string of the molecule is C=CC(=O)NCC(=O)N1CCN(S(=O)(=O)c2cccc3c(N(C)CC)nccc23)CC1. The van der Waals surface area contributed by atoms with Crippen molar-refractivity contribution in [3.05, 3.63) is 43.1 Å². The number of hydrogen-bond donors (Lipinski definition) is 1. The number of benzene rings is 1. The van der Waals surface area contributed by atoms with Crippen molar-refractivity contribution in [2.75, 3.05) is 51.2 Å². The van der Waals surface area contributed by atoms with Gasteiger partial charge < -0.3 is 15.1 Å². The van der Waals surface area contributed by atoms with Crippen LogP contribution < -0.4 is 10.2 Å². The number of amides is 2. The summed E-state index contributed by atoms with van der Waals surface area (Å²) in [6.07, 6.45) is 2.72. The molecule has 1 aromatic carbocycles. The Kier molecular flexibility index (Phi) is 6.91. The molecular weight excluding hydrogens is 418 g/mol. The van der Waals surface area contributed by atoms with Gasteiger partial charge in [-0.25, -0.2) is 13.4 Å². The molecule has 0 unspecified atom stereocenters. The highest BCUT2D eigenvalue weighted by Crippen LogP contribution is 2.30. The first-order chi connectivity index (χ1) is 14.8. The summed E-state index contributed by atoms with van der Waals surface area (Å²) in [6.45, 7) is 6.85. The molecule has 1 aromatic heterocycles. The summed E-state index contributed by atoms with van der Waals surface area (Å²) < 4.78 is 28.2. The number of hydrogen-bond acceptors (Lipinski definition) is 6. The largest absolute Gasteiger partial charge is 0.359 e. The number of fused-ring (bicyclic) bond motifs is 1. The fourth-order valence-electron chi connectivity index (χ4n) is 3.51. The summed E-state index contributed by atoms with van der Waals surface area (Å²) in [5.41, 5.74) is 0. The van der Waals surface area contributed by atoms with Gasteiger partial charge in [0.2, 0.25) is 21.8 Å². The molecule has 10 heteroatoms. The van der Waals surface area contributed by atoms with Gasteiger partial charge in [0.25, 0.3) is 0 Å². The zero-order valence-electron chi connectivity index (χ0n) is 17.7. The van der Waals surface area contributed by atoms with E-state index < -0.39 is 15.9 Å². The molecule has 1 aliphatic heterocycles. The van der Waals surface area contributed by atoms with Crippen LogP contribution in [0.4, 0.5) is 5.82 Å². The number of piperazine rings is 1. The maximum absolute atomic E-state index is 13.4. The van der Waals surface area contributed by atoms with Crippen molar-refractivity contribution in [3.8, 4) is 0 Å². The Labute approximate surface area is 182 Å². The number of nitrogens with zero attached hydrogens (tertiary/aromatic N) is 4. The monoisotopic (exact) mass is 445 g/mol. The quantitative estimate of drug-likeness (QED) is 0.633. The molecule has 1 fully saturated rings. The van der Waals surface area contributed by atoms with Crippen molar-refractivity contribution >= 4 is 38.4 Å². The number of anilines is 1. The first kappa shape index (κ1) is 22.7. The number of sulfonamides is 1. The van der Waals surface area contributed by atoms with Gasteiger partial charge in [-0.1, -0.05) is 18.7 Å². The lowest BCUT2D eigenvalue weighted by Gasteiger charge is -2.34. The summed E-state index contributed by atoms with van der Waals surface area (Å²) in [6, 6.07) is 6.93. The predicted molar refractivity (Wildman–Crippen MR) is 119 cm³/mol. The lowest BCUT2D eigenvalue weighted by Crippen LogP contribution is -2.52. The Bertz CT molecular complexity index is 1090. The number of pyridine rings is 1. The van der Waals surface area contributed by atoms with Crippen molar-refractivity contribution in [2.24, 2.45) is 0 Å². The highest BCUT2D eigenvalue weighted by molar-refractivity contribution is 7.89. The third kappa shape index (κ3) is 4.70. The van der Waals surface area contributed by atoms with Crippen molar-refractivity contribution in [3.63, 3.8) is 0 Å². The van der Waals surface area contributed by atoms with E-state index in [1.54, 1.807) is 29.3 Å². The van der Waals surface area contributed by atoms with Gasteiger partial charge in [-0.2, -0.15) is 4.31 Å². The Balaban J connectivity index is 1.79. The maximum atomic E-state index is 13.4. The molecule has 2 amide bonds. The normalized spacial score (nSPS) is 15.0. The van der Waals surface area contributed by atoms with Crippen LogP contribution in [-0.2, 0) is 19.6 Å². The van der Waals surface area contributed by atoms with Crippen LogP contribution >= 0.6 is 0 Å². The second-order valence-electron chi connectivity index (χ2n) is 7.21. The van der Waals surface area contributed by atoms with Crippen molar-refractivity contribution in [1.82, 2.24) is 19.5 Å². The second kappa shape index (κ2) is 9.44. The van der Waals surface area contributed by atoms with Crippen LogP contribution in [0.15, 0.2) is 48.0 Å². The minimum absolute atomic E-state index is 0.137. The minimum atomic E-state index is -3.75. The van der Waals surface area contributed by atoms with E-state index in [-0.39, 0.29) is 43.5 Å². The minimum Gasteiger partial charge on any atom is -0.359 e. The number of carbonyl (C=O) groups is 2. The number of rotatable bonds is 7. The molecule has 0 bridgehead atoms. The van der Waals surface area contributed by atoms with Gasteiger partial charge >= 0.3 is 0 Å².